The van der Waals surface area contributed by atoms with E-state index >= 15 is 0 Å². The molecular formula is C15H28N4O. The van der Waals surface area contributed by atoms with Crippen molar-refractivity contribution in [1.82, 2.24) is 20.4 Å². The number of carbonyl (C=O) groups is 1. The Kier molecular flexibility index (Phi) is 6.71. The Labute approximate surface area is 122 Å². The molecule has 20 heavy (non-hydrogen) atoms. The van der Waals surface area contributed by atoms with Gasteiger partial charge in [0.2, 0.25) is 5.91 Å². The molecule has 0 aliphatic rings. The van der Waals surface area contributed by atoms with Crippen molar-refractivity contribution in [1.29, 1.82) is 0 Å². The summed E-state index contributed by atoms with van der Waals surface area (Å²) in [5.41, 5.74) is 2.34. The van der Waals surface area contributed by atoms with Gasteiger partial charge in [-0.2, -0.15) is 5.10 Å². The van der Waals surface area contributed by atoms with Crippen LogP contribution in [0.4, 0.5) is 0 Å². The van der Waals surface area contributed by atoms with E-state index in [2.05, 4.69) is 36.5 Å². The fourth-order valence-corrected chi connectivity index (χ4v) is 2.05. The standard InChI is InChI=1S/C15H28N4O/c1-6-12(4)17-14(20)7-8-16-9-13-10-19(5)18-15(13)11(2)3/h10-12,16H,6-9H2,1-5H3,(H,17,20). The molecule has 0 fully saturated rings. The third-order valence-corrected chi connectivity index (χ3v) is 3.35. The van der Waals surface area contributed by atoms with Crippen molar-refractivity contribution < 1.29 is 4.79 Å². The quantitative estimate of drug-likeness (QED) is 0.715. The summed E-state index contributed by atoms with van der Waals surface area (Å²) >= 11 is 0. The van der Waals surface area contributed by atoms with E-state index in [0.717, 1.165) is 18.7 Å². The van der Waals surface area contributed by atoms with Crippen LogP contribution in [0.5, 0.6) is 0 Å². The molecule has 0 saturated carbocycles. The molecule has 0 bridgehead atoms. The van der Waals surface area contributed by atoms with Crippen LogP contribution in [-0.4, -0.2) is 28.3 Å². The normalized spacial score (nSPS) is 12.7. The third-order valence-electron chi connectivity index (χ3n) is 3.35. The summed E-state index contributed by atoms with van der Waals surface area (Å²) < 4.78 is 1.85. The highest BCUT2D eigenvalue weighted by molar-refractivity contribution is 5.76. The maximum absolute atomic E-state index is 11.6. The highest BCUT2D eigenvalue weighted by atomic mass is 16.1. The summed E-state index contributed by atoms with van der Waals surface area (Å²) in [5, 5.41) is 10.8. The van der Waals surface area contributed by atoms with Gasteiger partial charge in [0, 0.05) is 44.4 Å². The minimum atomic E-state index is 0.113. The average Bonchev–Trinajstić information content (AvgIpc) is 2.76. The van der Waals surface area contributed by atoms with Gasteiger partial charge in [-0.15, -0.1) is 0 Å². The smallest absolute Gasteiger partial charge is 0.221 e. The monoisotopic (exact) mass is 280 g/mol. The number of amides is 1. The Bertz CT molecular complexity index is 426. The molecule has 1 aromatic heterocycles. The first-order chi connectivity index (χ1) is 9.43. The van der Waals surface area contributed by atoms with Crippen molar-refractivity contribution in [3.05, 3.63) is 17.5 Å². The molecule has 1 atom stereocenters. The van der Waals surface area contributed by atoms with Crippen molar-refractivity contribution in [3.63, 3.8) is 0 Å². The minimum absolute atomic E-state index is 0.113. The molecule has 0 radical (unpaired) electrons. The van der Waals surface area contributed by atoms with E-state index in [-0.39, 0.29) is 11.9 Å². The average molecular weight is 280 g/mol. The van der Waals surface area contributed by atoms with Crippen LogP contribution in [0.25, 0.3) is 0 Å². The van der Waals surface area contributed by atoms with E-state index < -0.39 is 0 Å². The first kappa shape index (κ1) is 16.7. The lowest BCUT2D eigenvalue weighted by Gasteiger charge is -2.11. The largest absolute Gasteiger partial charge is 0.354 e. The Morgan fingerprint density at radius 1 is 1.40 bits per heavy atom. The van der Waals surface area contributed by atoms with Gasteiger partial charge < -0.3 is 10.6 Å². The first-order valence-electron chi connectivity index (χ1n) is 7.46. The van der Waals surface area contributed by atoms with E-state index in [1.165, 1.54) is 5.56 Å². The fraction of sp³-hybridized carbons (Fsp3) is 0.733. The number of aromatic nitrogens is 2. The van der Waals surface area contributed by atoms with Gasteiger partial charge in [0.15, 0.2) is 0 Å². The first-order valence-corrected chi connectivity index (χ1v) is 7.46. The molecular weight excluding hydrogens is 252 g/mol. The zero-order chi connectivity index (χ0) is 15.1. The van der Waals surface area contributed by atoms with Gasteiger partial charge in [0.25, 0.3) is 0 Å². The van der Waals surface area contributed by atoms with Crippen LogP contribution in [-0.2, 0) is 18.4 Å². The van der Waals surface area contributed by atoms with Crippen molar-refractivity contribution in [2.45, 2.75) is 59.0 Å². The minimum Gasteiger partial charge on any atom is -0.354 e. The van der Waals surface area contributed by atoms with E-state index in [9.17, 15) is 4.79 Å². The molecule has 0 saturated heterocycles. The van der Waals surface area contributed by atoms with Crippen LogP contribution in [0.15, 0.2) is 6.20 Å². The summed E-state index contributed by atoms with van der Waals surface area (Å²) in [6, 6.07) is 0.258. The van der Waals surface area contributed by atoms with Gasteiger partial charge >= 0.3 is 0 Å². The van der Waals surface area contributed by atoms with Crippen LogP contribution >= 0.6 is 0 Å². The molecule has 2 N–H and O–H groups in total. The Morgan fingerprint density at radius 3 is 2.70 bits per heavy atom. The number of nitrogens with zero attached hydrogens (tertiary/aromatic N) is 2. The topological polar surface area (TPSA) is 59.0 Å². The predicted molar refractivity (Wildman–Crippen MR) is 81.5 cm³/mol. The van der Waals surface area contributed by atoms with E-state index in [0.29, 0.717) is 18.9 Å². The molecule has 0 spiro atoms. The lowest BCUT2D eigenvalue weighted by atomic mass is 10.1. The van der Waals surface area contributed by atoms with Crippen LogP contribution < -0.4 is 10.6 Å². The molecule has 1 rings (SSSR count). The van der Waals surface area contributed by atoms with Crippen molar-refractivity contribution >= 4 is 5.91 Å². The number of carbonyl (C=O) groups excluding carboxylic acids is 1. The summed E-state index contributed by atoms with van der Waals surface area (Å²) in [6.45, 7) is 9.83. The van der Waals surface area contributed by atoms with Crippen LogP contribution in [0.3, 0.4) is 0 Å². The summed E-state index contributed by atoms with van der Waals surface area (Å²) in [4.78, 5) is 11.6. The van der Waals surface area contributed by atoms with Crippen LogP contribution in [0.2, 0.25) is 0 Å². The summed E-state index contributed by atoms with van der Waals surface area (Å²) in [5.74, 6) is 0.531. The Morgan fingerprint density at radius 2 is 2.10 bits per heavy atom. The molecule has 1 heterocycles. The van der Waals surface area contributed by atoms with Crippen molar-refractivity contribution in [3.8, 4) is 0 Å². The lowest BCUT2D eigenvalue weighted by Crippen LogP contribution is -2.33. The zero-order valence-corrected chi connectivity index (χ0v) is 13.4. The molecule has 0 aliphatic carbocycles. The molecule has 0 aromatic carbocycles. The molecule has 5 nitrogen and oxygen atoms in total. The Balaban J connectivity index is 2.33. The van der Waals surface area contributed by atoms with E-state index in [1.54, 1.807) is 0 Å². The van der Waals surface area contributed by atoms with Gasteiger partial charge in [-0.1, -0.05) is 20.8 Å². The zero-order valence-electron chi connectivity index (χ0n) is 13.4. The molecule has 0 aliphatic heterocycles. The number of aryl methyl sites for hydroxylation is 1. The maximum atomic E-state index is 11.6. The number of rotatable bonds is 8. The van der Waals surface area contributed by atoms with Gasteiger partial charge in [0.05, 0.1) is 5.69 Å². The van der Waals surface area contributed by atoms with E-state index in [1.807, 2.05) is 24.9 Å². The SMILES string of the molecule is CCC(C)NC(=O)CCNCc1cn(C)nc1C(C)C. The van der Waals surface area contributed by atoms with Gasteiger partial charge in [-0.25, -0.2) is 0 Å². The molecule has 5 heteroatoms. The van der Waals surface area contributed by atoms with E-state index in [4.69, 9.17) is 0 Å². The van der Waals surface area contributed by atoms with Crippen LogP contribution in [0, 0.1) is 0 Å². The molecule has 1 aromatic rings. The summed E-state index contributed by atoms with van der Waals surface area (Å²) in [7, 11) is 1.94. The van der Waals surface area contributed by atoms with Crippen molar-refractivity contribution in [2.75, 3.05) is 6.54 Å². The number of nitrogens with one attached hydrogen (secondary N) is 2. The lowest BCUT2D eigenvalue weighted by molar-refractivity contribution is -0.121. The Hall–Kier alpha value is -1.36. The predicted octanol–water partition coefficient (Wildman–Crippen LogP) is 1.94. The second-order valence-electron chi connectivity index (χ2n) is 5.67. The fourth-order valence-electron chi connectivity index (χ4n) is 2.05. The van der Waals surface area contributed by atoms with Gasteiger partial charge in [-0.05, 0) is 19.3 Å². The third kappa shape index (κ3) is 5.33. The van der Waals surface area contributed by atoms with Crippen molar-refractivity contribution in [2.24, 2.45) is 7.05 Å². The highest BCUT2D eigenvalue weighted by Gasteiger charge is 2.11. The molecule has 114 valence electrons. The second kappa shape index (κ2) is 8.04. The number of hydrogen-bond acceptors (Lipinski definition) is 3. The molecule has 1 amide bonds. The number of hydrogen-bond donors (Lipinski definition) is 2. The summed E-state index contributed by atoms with van der Waals surface area (Å²) in [6.07, 6.45) is 3.52. The van der Waals surface area contributed by atoms with Gasteiger partial charge in [0.1, 0.15) is 0 Å². The highest BCUT2D eigenvalue weighted by Crippen LogP contribution is 2.16. The second-order valence-corrected chi connectivity index (χ2v) is 5.67. The van der Waals surface area contributed by atoms with Gasteiger partial charge in [-0.3, -0.25) is 9.48 Å². The maximum Gasteiger partial charge on any atom is 0.221 e. The van der Waals surface area contributed by atoms with Crippen LogP contribution in [0.1, 0.15) is 57.7 Å². The molecule has 1 unspecified atom stereocenters.